The molecule has 0 spiro atoms. The molecular formula is C41H68O5. The standard InChI is InChI=1S/C41H68O5/c1-3-5-7-9-11-13-15-17-19-20-22-23-25-27-29-31-33-35-40(43)45-38-39(37-42)46-41(44)36-34-32-30-28-26-24-21-18-16-14-12-10-8-6-4-2/h5,7,11-14,17-19,21-23,39,42H,3-4,6,8-10,15-16,20,24-38H2,1-2H3/b7-5-,13-11-,14-12-,19-17-,21-18-,23-22-/t39-/m0/s1. The molecule has 1 N–H and O–H groups in total. The Morgan fingerprint density at radius 1 is 0.522 bits per heavy atom. The fourth-order valence-electron chi connectivity index (χ4n) is 4.69. The summed E-state index contributed by atoms with van der Waals surface area (Å²) in [5.74, 6) is -0.642. The van der Waals surface area contributed by atoms with Crippen LogP contribution in [0.25, 0.3) is 0 Å². The molecule has 0 saturated heterocycles. The van der Waals surface area contributed by atoms with Crippen LogP contribution in [0.5, 0.6) is 0 Å². The third-order valence-corrected chi connectivity index (χ3v) is 7.48. The molecule has 0 aromatic rings. The van der Waals surface area contributed by atoms with Crippen LogP contribution in [0.2, 0.25) is 0 Å². The van der Waals surface area contributed by atoms with E-state index >= 15 is 0 Å². The number of hydrogen-bond donors (Lipinski definition) is 1. The van der Waals surface area contributed by atoms with Gasteiger partial charge in [0.1, 0.15) is 6.61 Å². The maximum Gasteiger partial charge on any atom is 0.306 e. The van der Waals surface area contributed by atoms with Crippen molar-refractivity contribution in [1.82, 2.24) is 0 Å². The Hall–Kier alpha value is -2.66. The van der Waals surface area contributed by atoms with Crippen molar-refractivity contribution in [2.24, 2.45) is 0 Å². The van der Waals surface area contributed by atoms with Gasteiger partial charge in [-0.3, -0.25) is 9.59 Å². The van der Waals surface area contributed by atoms with E-state index in [2.05, 4.69) is 86.8 Å². The predicted molar refractivity (Wildman–Crippen MR) is 196 cm³/mol. The summed E-state index contributed by atoms with van der Waals surface area (Å²) in [7, 11) is 0. The molecule has 262 valence electrons. The van der Waals surface area contributed by atoms with Crippen molar-refractivity contribution in [3.63, 3.8) is 0 Å². The monoisotopic (exact) mass is 641 g/mol. The lowest BCUT2D eigenvalue weighted by Gasteiger charge is -2.15. The minimum atomic E-state index is -0.791. The van der Waals surface area contributed by atoms with Crippen molar-refractivity contribution in [3.8, 4) is 0 Å². The molecule has 0 aromatic heterocycles. The summed E-state index contributed by atoms with van der Waals surface area (Å²) < 4.78 is 10.6. The van der Waals surface area contributed by atoms with Crippen LogP contribution >= 0.6 is 0 Å². The molecule has 0 bridgehead atoms. The number of aliphatic hydroxyl groups is 1. The maximum absolute atomic E-state index is 12.1. The molecule has 0 aromatic carbocycles. The van der Waals surface area contributed by atoms with Crippen molar-refractivity contribution in [2.75, 3.05) is 13.2 Å². The topological polar surface area (TPSA) is 72.8 Å². The van der Waals surface area contributed by atoms with Crippen molar-refractivity contribution in [2.45, 2.75) is 161 Å². The predicted octanol–water partition coefficient (Wildman–Crippen LogP) is 11.4. The van der Waals surface area contributed by atoms with Gasteiger partial charge in [-0.1, -0.05) is 132 Å². The van der Waals surface area contributed by atoms with E-state index in [9.17, 15) is 14.7 Å². The molecule has 0 aliphatic carbocycles. The first-order valence-corrected chi connectivity index (χ1v) is 18.5. The van der Waals surface area contributed by atoms with Gasteiger partial charge in [0.15, 0.2) is 6.10 Å². The van der Waals surface area contributed by atoms with E-state index in [1.54, 1.807) is 0 Å². The molecule has 0 saturated carbocycles. The largest absolute Gasteiger partial charge is 0.462 e. The van der Waals surface area contributed by atoms with Crippen LogP contribution in [0.1, 0.15) is 155 Å². The summed E-state index contributed by atoms with van der Waals surface area (Å²) in [4.78, 5) is 24.2. The van der Waals surface area contributed by atoms with Gasteiger partial charge in [0.05, 0.1) is 6.61 Å². The van der Waals surface area contributed by atoms with E-state index < -0.39 is 6.10 Å². The number of carbonyl (C=O) groups is 2. The highest BCUT2D eigenvalue weighted by atomic mass is 16.6. The first-order chi connectivity index (χ1) is 22.6. The van der Waals surface area contributed by atoms with Gasteiger partial charge < -0.3 is 14.6 Å². The molecule has 5 heteroatoms. The number of unbranched alkanes of at least 4 members (excludes halogenated alkanes) is 12. The summed E-state index contributed by atoms with van der Waals surface area (Å²) in [5, 5.41) is 9.53. The number of hydrogen-bond acceptors (Lipinski definition) is 5. The van der Waals surface area contributed by atoms with Gasteiger partial charge in [-0.2, -0.15) is 0 Å². The van der Waals surface area contributed by atoms with E-state index in [1.807, 2.05) is 0 Å². The summed E-state index contributed by atoms with van der Waals surface area (Å²) in [6, 6.07) is 0. The third kappa shape index (κ3) is 34.2. The Labute approximate surface area is 283 Å². The van der Waals surface area contributed by atoms with Crippen molar-refractivity contribution in [1.29, 1.82) is 0 Å². The van der Waals surface area contributed by atoms with Crippen LogP contribution in [0, 0.1) is 0 Å². The van der Waals surface area contributed by atoms with Gasteiger partial charge in [-0.15, -0.1) is 0 Å². The average Bonchev–Trinajstić information content (AvgIpc) is 3.06. The Kier molecular flexibility index (Phi) is 34.7. The zero-order valence-electron chi connectivity index (χ0n) is 29.6. The molecule has 0 radical (unpaired) electrons. The zero-order chi connectivity index (χ0) is 33.6. The smallest absolute Gasteiger partial charge is 0.306 e. The van der Waals surface area contributed by atoms with Gasteiger partial charge in [-0.25, -0.2) is 0 Å². The molecule has 1 atom stereocenters. The van der Waals surface area contributed by atoms with Gasteiger partial charge in [0.2, 0.25) is 0 Å². The number of allylic oxidation sites excluding steroid dienone is 12. The second-order valence-electron chi connectivity index (χ2n) is 11.9. The minimum Gasteiger partial charge on any atom is -0.462 e. The van der Waals surface area contributed by atoms with Crippen LogP contribution in [0.4, 0.5) is 0 Å². The molecule has 0 unspecified atom stereocenters. The van der Waals surface area contributed by atoms with Gasteiger partial charge in [-0.05, 0) is 83.5 Å². The molecule has 5 nitrogen and oxygen atoms in total. The van der Waals surface area contributed by atoms with E-state index in [1.165, 1.54) is 32.1 Å². The summed E-state index contributed by atoms with van der Waals surface area (Å²) >= 11 is 0. The summed E-state index contributed by atoms with van der Waals surface area (Å²) in [5.41, 5.74) is 0. The van der Waals surface area contributed by atoms with E-state index in [-0.39, 0.29) is 25.2 Å². The average molecular weight is 641 g/mol. The van der Waals surface area contributed by atoms with Crippen LogP contribution in [0.3, 0.4) is 0 Å². The molecule has 0 aliphatic heterocycles. The third-order valence-electron chi connectivity index (χ3n) is 7.48. The number of carbonyl (C=O) groups excluding carboxylic acids is 2. The van der Waals surface area contributed by atoms with Gasteiger partial charge in [0.25, 0.3) is 0 Å². The number of ether oxygens (including phenoxy) is 2. The lowest BCUT2D eigenvalue weighted by molar-refractivity contribution is -0.161. The maximum atomic E-state index is 12.1. The molecule has 0 rings (SSSR count). The number of aliphatic hydroxyl groups excluding tert-OH is 1. The van der Waals surface area contributed by atoms with Crippen LogP contribution in [-0.2, 0) is 19.1 Å². The van der Waals surface area contributed by atoms with Crippen molar-refractivity contribution in [3.05, 3.63) is 72.9 Å². The lowest BCUT2D eigenvalue weighted by Crippen LogP contribution is -2.28. The molecule has 0 amide bonds. The summed E-state index contributed by atoms with van der Waals surface area (Å²) in [6.45, 7) is 3.94. The van der Waals surface area contributed by atoms with Crippen molar-refractivity contribution >= 4 is 11.9 Å². The Morgan fingerprint density at radius 2 is 0.935 bits per heavy atom. The molecule has 0 aliphatic rings. The van der Waals surface area contributed by atoms with E-state index in [0.717, 1.165) is 96.3 Å². The van der Waals surface area contributed by atoms with Gasteiger partial charge in [0, 0.05) is 12.8 Å². The van der Waals surface area contributed by atoms with Crippen LogP contribution in [-0.4, -0.2) is 36.4 Å². The highest BCUT2D eigenvalue weighted by molar-refractivity contribution is 5.70. The first kappa shape index (κ1) is 43.3. The lowest BCUT2D eigenvalue weighted by atomic mass is 10.1. The molecule has 0 fully saturated rings. The number of esters is 2. The normalized spacial score (nSPS) is 13.0. The van der Waals surface area contributed by atoms with Crippen molar-refractivity contribution < 1.29 is 24.2 Å². The second-order valence-corrected chi connectivity index (χ2v) is 11.9. The Morgan fingerprint density at radius 3 is 1.41 bits per heavy atom. The van der Waals surface area contributed by atoms with Crippen LogP contribution in [0.15, 0.2) is 72.9 Å². The highest BCUT2D eigenvalue weighted by Gasteiger charge is 2.16. The SMILES string of the molecule is CC/C=C\C/C=C\C/C=C\C/C=C\CCCCCCC(=O)OC[C@H](CO)OC(=O)CCCCCCC/C=C\C/C=C\CCCCC. The quantitative estimate of drug-likeness (QED) is 0.0450. The highest BCUT2D eigenvalue weighted by Crippen LogP contribution is 2.11. The van der Waals surface area contributed by atoms with Gasteiger partial charge >= 0.3 is 11.9 Å². The number of rotatable bonds is 32. The van der Waals surface area contributed by atoms with Crippen LogP contribution < -0.4 is 0 Å². The molecule has 0 heterocycles. The Bertz CT molecular complexity index is 864. The van der Waals surface area contributed by atoms with E-state index in [0.29, 0.717) is 12.8 Å². The minimum absolute atomic E-state index is 0.0882. The first-order valence-electron chi connectivity index (χ1n) is 18.5. The molecule has 46 heavy (non-hydrogen) atoms. The fourth-order valence-corrected chi connectivity index (χ4v) is 4.69. The summed E-state index contributed by atoms with van der Waals surface area (Å²) in [6.07, 6.45) is 48.1. The fraction of sp³-hybridized carbons (Fsp3) is 0.659. The second kappa shape index (κ2) is 36.8. The zero-order valence-corrected chi connectivity index (χ0v) is 29.6. The van der Waals surface area contributed by atoms with E-state index in [4.69, 9.17) is 9.47 Å². The Balaban J connectivity index is 3.67. The molecular weight excluding hydrogens is 572 g/mol.